The molecule has 0 saturated heterocycles. The minimum Gasteiger partial charge on any atom is -0.459 e. The average molecular weight is 245 g/mol. The predicted octanol–water partition coefficient (Wildman–Crippen LogP) is 3.17. The van der Waals surface area contributed by atoms with Gasteiger partial charge in [-0.25, -0.2) is 0 Å². The molecule has 1 saturated carbocycles. The van der Waals surface area contributed by atoms with E-state index in [-0.39, 0.29) is 12.1 Å². The molecule has 1 aromatic heterocycles. The fourth-order valence-corrected chi connectivity index (χ4v) is 2.57. The summed E-state index contributed by atoms with van der Waals surface area (Å²) in [6.45, 7) is 2.08. The quantitative estimate of drug-likeness (QED) is 0.900. The zero-order chi connectivity index (χ0) is 12.7. The highest BCUT2D eigenvalue weighted by atomic mass is 16.5. The second-order valence-corrected chi connectivity index (χ2v) is 5.25. The zero-order valence-corrected chi connectivity index (χ0v) is 10.8. The third-order valence-corrected chi connectivity index (χ3v) is 3.73. The van der Waals surface area contributed by atoms with Crippen molar-refractivity contribution in [2.24, 2.45) is 11.7 Å². The van der Waals surface area contributed by atoms with Gasteiger partial charge >= 0.3 is 0 Å². The summed E-state index contributed by atoms with van der Waals surface area (Å²) in [7, 11) is 1.73. The van der Waals surface area contributed by atoms with Gasteiger partial charge in [0, 0.05) is 12.5 Å². The van der Waals surface area contributed by atoms with Gasteiger partial charge in [-0.3, -0.25) is 0 Å². The summed E-state index contributed by atoms with van der Waals surface area (Å²) in [4.78, 5) is 0. The fourth-order valence-electron chi connectivity index (χ4n) is 2.57. The lowest BCUT2D eigenvalue weighted by molar-refractivity contribution is 0.0568. The highest BCUT2D eigenvalue weighted by molar-refractivity contribution is 5.78. The number of aryl methyl sites for hydroxylation is 1. The molecule has 1 aliphatic carbocycles. The van der Waals surface area contributed by atoms with E-state index in [1.807, 2.05) is 12.1 Å². The molecular formula is C15H19NO2. The number of hydrogen-bond donors (Lipinski definition) is 1. The third kappa shape index (κ3) is 2.04. The van der Waals surface area contributed by atoms with Gasteiger partial charge in [-0.15, -0.1) is 0 Å². The number of nitrogens with two attached hydrogens (primary N) is 1. The summed E-state index contributed by atoms with van der Waals surface area (Å²) in [5, 5.41) is 1.12. The molecule has 2 unspecified atom stereocenters. The maximum absolute atomic E-state index is 6.27. The van der Waals surface area contributed by atoms with Crippen molar-refractivity contribution in [1.29, 1.82) is 0 Å². The van der Waals surface area contributed by atoms with Crippen LogP contribution in [0.4, 0.5) is 0 Å². The lowest BCUT2D eigenvalue weighted by Gasteiger charge is -2.20. The Balaban J connectivity index is 1.92. The first-order chi connectivity index (χ1) is 8.69. The Kier molecular flexibility index (Phi) is 2.88. The van der Waals surface area contributed by atoms with Gasteiger partial charge in [0.15, 0.2) is 0 Å². The largest absolute Gasteiger partial charge is 0.459 e. The Morgan fingerprint density at radius 1 is 1.33 bits per heavy atom. The SMILES string of the molecule is COC(C1CC1)C(N)c1cc2cc(C)ccc2o1. The van der Waals surface area contributed by atoms with Gasteiger partial charge in [0.2, 0.25) is 0 Å². The molecule has 18 heavy (non-hydrogen) atoms. The van der Waals surface area contributed by atoms with Crippen molar-refractivity contribution in [3.63, 3.8) is 0 Å². The number of rotatable bonds is 4. The number of benzene rings is 1. The van der Waals surface area contributed by atoms with Gasteiger partial charge in [0.25, 0.3) is 0 Å². The van der Waals surface area contributed by atoms with Crippen LogP contribution in [-0.4, -0.2) is 13.2 Å². The summed E-state index contributed by atoms with van der Waals surface area (Å²) in [5.41, 5.74) is 8.40. The molecule has 96 valence electrons. The van der Waals surface area contributed by atoms with E-state index in [2.05, 4.69) is 19.1 Å². The third-order valence-electron chi connectivity index (χ3n) is 3.73. The predicted molar refractivity (Wildman–Crippen MR) is 71.4 cm³/mol. The van der Waals surface area contributed by atoms with Crippen LogP contribution in [0.2, 0.25) is 0 Å². The van der Waals surface area contributed by atoms with Crippen molar-refractivity contribution in [3.8, 4) is 0 Å². The van der Waals surface area contributed by atoms with Gasteiger partial charge in [0.05, 0.1) is 12.1 Å². The molecule has 3 nitrogen and oxygen atoms in total. The van der Waals surface area contributed by atoms with E-state index in [1.54, 1.807) is 7.11 Å². The molecule has 1 fully saturated rings. The molecular weight excluding hydrogens is 226 g/mol. The number of furan rings is 1. The first kappa shape index (κ1) is 11.8. The molecule has 1 heterocycles. The molecule has 3 rings (SSSR count). The van der Waals surface area contributed by atoms with Gasteiger partial charge in [0.1, 0.15) is 11.3 Å². The average Bonchev–Trinajstić information content (AvgIpc) is 3.08. The molecule has 2 N–H and O–H groups in total. The van der Waals surface area contributed by atoms with Crippen LogP contribution in [0.3, 0.4) is 0 Å². The molecule has 0 bridgehead atoms. The molecule has 0 radical (unpaired) electrons. The number of hydrogen-bond acceptors (Lipinski definition) is 3. The minimum atomic E-state index is -0.171. The van der Waals surface area contributed by atoms with E-state index >= 15 is 0 Å². The molecule has 1 aromatic carbocycles. The van der Waals surface area contributed by atoms with Crippen molar-refractivity contribution in [3.05, 3.63) is 35.6 Å². The first-order valence-corrected chi connectivity index (χ1v) is 6.47. The van der Waals surface area contributed by atoms with Crippen LogP contribution >= 0.6 is 0 Å². The van der Waals surface area contributed by atoms with Crippen LogP contribution in [0.5, 0.6) is 0 Å². The summed E-state index contributed by atoms with van der Waals surface area (Å²) in [6.07, 6.45) is 2.50. The summed E-state index contributed by atoms with van der Waals surface area (Å²) >= 11 is 0. The Labute approximate surface area is 107 Å². The van der Waals surface area contributed by atoms with Crippen LogP contribution in [0.15, 0.2) is 28.7 Å². The lowest BCUT2D eigenvalue weighted by Crippen LogP contribution is -2.29. The Morgan fingerprint density at radius 2 is 2.11 bits per heavy atom. The molecule has 3 heteroatoms. The van der Waals surface area contributed by atoms with Gasteiger partial charge in [-0.2, -0.15) is 0 Å². The second-order valence-electron chi connectivity index (χ2n) is 5.25. The summed E-state index contributed by atoms with van der Waals surface area (Å²) in [5.74, 6) is 1.43. The van der Waals surface area contributed by atoms with Crippen LogP contribution in [-0.2, 0) is 4.74 Å². The molecule has 2 aromatic rings. The van der Waals surface area contributed by atoms with Gasteiger partial charge in [-0.1, -0.05) is 11.6 Å². The Bertz CT molecular complexity index is 557. The Hall–Kier alpha value is -1.32. The van der Waals surface area contributed by atoms with Crippen LogP contribution in [0, 0.1) is 12.8 Å². The van der Waals surface area contributed by atoms with Crippen molar-refractivity contribution in [1.82, 2.24) is 0 Å². The molecule has 1 aliphatic rings. The van der Waals surface area contributed by atoms with E-state index in [0.717, 1.165) is 16.7 Å². The van der Waals surface area contributed by atoms with Crippen molar-refractivity contribution >= 4 is 11.0 Å². The zero-order valence-electron chi connectivity index (χ0n) is 10.8. The van der Waals surface area contributed by atoms with E-state index in [9.17, 15) is 0 Å². The van der Waals surface area contributed by atoms with Crippen molar-refractivity contribution in [2.45, 2.75) is 31.9 Å². The van der Waals surface area contributed by atoms with Crippen molar-refractivity contribution in [2.75, 3.05) is 7.11 Å². The standard InChI is InChI=1S/C15H19NO2/c1-9-3-6-12-11(7-9)8-13(18-12)14(16)15(17-2)10-4-5-10/h3,6-8,10,14-15H,4-5,16H2,1-2H3. The maximum atomic E-state index is 6.27. The monoisotopic (exact) mass is 245 g/mol. The van der Waals surface area contributed by atoms with Crippen molar-refractivity contribution < 1.29 is 9.15 Å². The first-order valence-electron chi connectivity index (χ1n) is 6.47. The fraction of sp³-hybridized carbons (Fsp3) is 0.467. The summed E-state index contributed by atoms with van der Waals surface area (Å²) in [6, 6.07) is 8.04. The number of methoxy groups -OCH3 is 1. The highest BCUT2D eigenvalue weighted by Gasteiger charge is 2.37. The molecule has 2 atom stereocenters. The summed E-state index contributed by atoms with van der Waals surface area (Å²) < 4.78 is 11.4. The molecule has 0 aliphatic heterocycles. The number of ether oxygens (including phenoxy) is 1. The highest BCUT2D eigenvalue weighted by Crippen LogP contribution is 2.39. The van der Waals surface area contributed by atoms with E-state index in [0.29, 0.717) is 5.92 Å². The van der Waals surface area contributed by atoms with Crippen LogP contribution in [0.25, 0.3) is 11.0 Å². The van der Waals surface area contributed by atoms with E-state index in [4.69, 9.17) is 14.9 Å². The Morgan fingerprint density at radius 3 is 2.78 bits per heavy atom. The van der Waals surface area contributed by atoms with Gasteiger partial charge < -0.3 is 14.9 Å². The minimum absolute atomic E-state index is 0.0756. The van der Waals surface area contributed by atoms with Gasteiger partial charge in [-0.05, 0) is 43.9 Å². The molecule has 0 spiro atoms. The van der Waals surface area contributed by atoms with Crippen LogP contribution in [0.1, 0.15) is 30.2 Å². The van der Waals surface area contributed by atoms with E-state index in [1.165, 1.54) is 18.4 Å². The lowest BCUT2D eigenvalue weighted by atomic mass is 10.0. The second kappa shape index (κ2) is 4.41. The molecule has 0 amide bonds. The maximum Gasteiger partial charge on any atom is 0.134 e. The normalized spacial score (nSPS) is 19.1. The van der Waals surface area contributed by atoms with E-state index < -0.39 is 0 Å². The number of fused-ring (bicyclic) bond motifs is 1. The van der Waals surface area contributed by atoms with Crippen LogP contribution < -0.4 is 5.73 Å². The topological polar surface area (TPSA) is 48.4 Å². The smallest absolute Gasteiger partial charge is 0.134 e.